The van der Waals surface area contributed by atoms with Crippen molar-refractivity contribution < 1.29 is 4.79 Å². The highest BCUT2D eigenvalue weighted by atomic mass is 16.1. The zero-order chi connectivity index (χ0) is 13.7. The lowest BCUT2D eigenvalue weighted by atomic mass is 9.90. The summed E-state index contributed by atoms with van der Waals surface area (Å²) in [5, 5.41) is 6.51. The predicted octanol–water partition coefficient (Wildman–Crippen LogP) is 2.44. The van der Waals surface area contributed by atoms with Gasteiger partial charge in [0.05, 0.1) is 5.92 Å². The standard InChI is InChI=1S/C16H24N2O/c1-12(13-6-4-3-5-7-13)16(19)18-15-10-8-14(17-2)9-11-15/h3-7,12,14-15,17H,8-11H2,1-2H3,(H,18,19). The second-order valence-electron chi connectivity index (χ2n) is 5.48. The zero-order valence-electron chi connectivity index (χ0n) is 11.9. The monoisotopic (exact) mass is 260 g/mol. The van der Waals surface area contributed by atoms with Crippen LogP contribution in [0.5, 0.6) is 0 Å². The van der Waals surface area contributed by atoms with E-state index >= 15 is 0 Å². The van der Waals surface area contributed by atoms with E-state index in [1.165, 1.54) is 0 Å². The van der Waals surface area contributed by atoms with Gasteiger partial charge in [-0.15, -0.1) is 0 Å². The van der Waals surface area contributed by atoms with Gasteiger partial charge in [-0.2, -0.15) is 0 Å². The van der Waals surface area contributed by atoms with E-state index in [2.05, 4.69) is 10.6 Å². The first-order chi connectivity index (χ1) is 9.20. The lowest BCUT2D eigenvalue weighted by Gasteiger charge is -2.29. The second kappa shape index (κ2) is 6.71. The number of carbonyl (C=O) groups excluding carboxylic acids is 1. The Balaban J connectivity index is 1.85. The van der Waals surface area contributed by atoms with Gasteiger partial charge >= 0.3 is 0 Å². The first kappa shape index (κ1) is 14.1. The molecule has 0 aliphatic heterocycles. The minimum Gasteiger partial charge on any atom is -0.353 e. The van der Waals surface area contributed by atoms with Crippen LogP contribution in [-0.4, -0.2) is 25.0 Å². The van der Waals surface area contributed by atoms with Crippen LogP contribution in [-0.2, 0) is 4.79 Å². The third-order valence-electron chi connectivity index (χ3n) is 4.17. The third kappa shape index (κ3) is 3.80. The Morgan fingerprint density at radius 3 is 2.26 bits per heavy atom. The van der Waals surface area contributed by atoms with Crippen LogP contribution in [0.15, 0.2) is 30.3 Å². The largest absolute Gasteiger partial charge is 0.353 e. The van der Waals surface area contributed by atoms with Crippen LogP contribution in [0.3, 0.4) is 0 Å². The number of rotatable bonds is 4. The van der Waals surface area contributed by atoms with Gasteiger partial charge < -0.3 is 10.6 Å². The predicted molar refractivity (Wildman–Crippen MR) is 78.1 cm³/mol. The van der Waals surface area contributed by atoms with Crippen molar-refractivity contribution in [2.24, 2.45) is 0 Å². The average molecular weight is 260 g/mol. The minimum atomic E-state index is -0.0665. The molecule has 1 unspecified atom stereocenters. The molecule has 3 heteroatoms. The van der Waals surface area contributed by atoms with Gasteiger partial charge in [-0.3, -0.25) is 4.79 Å². The van der Waals surface area contributed by atoms with Gasteiger partial charge in [-0.25, -0.2) is 0 Å². The molecular weight excluding hydrogens is 236 g/mol. The Labute approximate surface area is 115 Å². The summed E-state index contributed by atoms with van der Waals surface area (Å²) in [6.07, 6.45) is 4.47. The van der Waals surface area contributed by atoms with Crippen molar-refractivity contribution in [3.8, 4) is 0 Å². The van der Waals surface area contributed by atoms with Crippen LogP contribution in [0.1, 0.15) is 44.1 Å². The molecule has 2 N–H and O–H groups in total. The van der Waals surface area contributed by atoms with Crippen LogP contribution >= 0.6 is 0 Å². The van der Waals surface area contributed by atoms with Crippen molar-refractivity contribution in [2.75, 3.05) is 7.05 Å². The van der Waals surface area contributed by atoms with Crippen molar-refractivity contribution >= 4 is 5.91 Å². The Morgan fingerprint density at radius 1 is 1.11 bits per heavy atom. The van der Waals surface area contributed by atoms with Crippen LogP contribution in [0.2, 0.25) is 0 Å². The van der Waals surface area contributed by atoms with Gasteiger partial charge in [-0.1, -0.05) is 30.3 Å². The van der Waals surface area contributed by atoms with Gasteiger partial charge in [0.25, 0.3) is 0 Å². The fraction of sp³-hybridized carbons (Fsp3) is 0.562. The summed E-state index contributed by atoms with van der Waals surface area (Å²) in [5.41, 5.74) is 1.09. The van der Waals surface area contributed by atoms with E-state index in [0.717, 1.165) is 31.2 Å². The fourth-order valence-corrected chi connectivity index (χ4v) is 2.75. The molecular formula is C16H24N2O. The lowest BCUT2D eigenvalue weighted by molar-refractivity contribution is -0.123. The van der Waals surface area contributed by atoms with Crippen molar-refractivity contribution in [1.29, 1.82) is 0 Å². The third-order valence-corrected chi connectivity index (χ3v) is 4.17. The molecule has 1 aromatic rings. The number of nitrogens with one attached hydrogen (secondary N) is 2. The first-order valence-electron chi connectivity index (χ1n) is 7.23. The van der Waals surface area contributed by atoms with Gasteiger partial charge in [-0.05, 0) is 45.2 Å². The highest BCUT2D eigenvalue weighted by Crippen LogP contribution is 2.20. The molecule has 1 aliphatic carbocycles. The topological polar surface area (TPSA) is 41.1 Å². The molecule has 0 saturated heterocycles. The van der Waals surface area contributed by atoms with E-state index in [1.807, 2.05) is 44.3 Å². The number of carbonyl (C=O) groups is 1. The molecule has 19 heavy (non-hydrogen) atoms. The Hall–Kier alpha value is -1.35. The van der Waals surface area contributed by atoms with Crippen LogP contribution in [0.25, 0.3) is 0 Å². The number of hydrogen-bond acceptors (Lipinski definition) is 2. The van der Waals surface area contributed by atoms with Crippen molar-refractivity contribution in [3.63, 3.8) is 0 Å². The highest BCUT2D eigenvalue weighted by Gasteiger charge is 2.23. The van der Waals surface area contributed by atoms with Gasteiger partial charge in [0.15, 0.2) is 0 Å². The molecule has 2 rings (SSSR count). The van der Waals surface area contributed by atoms with Crippen molar-refractivity contribution in [3.05, 3.63) is 35.9 Å². The van der Waals surface area contributed by atoms with E-state index in [0.29, 0.717) is 12.1 Å². The van der Waals surface area contributed by atoms with E-state index in [-0.39, 0.29) is 11.8 Å². The molecule has 1 fully saturated rings. The number of benzene rings is 1. The quantitative estimate of drug-likeness (QED) is 0.873. The minimum absolute atomic E-state index is 0.0665. The zero-order valence-corrected chi connectivity index (χ0v) is 11.9. The summed E-state index contributed by atoms with van der Waals surface area (Å²) in [5.74, 6) is 0.0855. The van der Waals surface area contributed by atoms with Crippen LogP contribution in [0.4, 0.5) is 0 Å². The van der Waals surface area contributed by atoms with E-state index in [4.69, 9.17) is 0 Å². The van der Waals surface area contributed by atoms with Gasteiger partial charge in [0, 0.05) is 12.1 Å². The molecule has 0 heterocycles. The Morgan fingerprint density at radius 2 is 1.68 bits per heavy atom. The molecule has 0 spiro atoms. The Bertz CT molecular complexity index is 396. The number of amides is 1. The van der Waals surface area contributed by atoms with Crippen LogP contribution < -0.4 is 10.6 Å². The highest BCUT2D eigenvalue weighted by molar-refractivity contribution is 5.83. The maximum Gasteiger partial charge on any atom is 0.227 e. The van der Waals surface area contributed by atoms with E-state index < -0.39 is 0 Å². The fourth-order valence-electron chi connectivity index (χ4n) is 2.75. The van der Waals surface area contributed by atoms with Crippen LogP contribution in [0, 0.1) is 0 Å². The summed E-state index contributed by atoms with van der Waals surface area (Å²) >= 11 is 0. The molecule has 1 saturated carbocycles. The summed E-state index contributed by atoms with van der Waals surface area (Å²) in [6.45, 7) is 1.98. The molecule has 1 aliphatic rings. The van der Waals surface area contributed by atoms with Gasteiger partial charge in [0.1, 0.15) is 0 Å². The van der Waals surface area contributed by atoms with E-state index in [9.17, 15) is 4.79 Å². The second-order valence-corrected chi connectivity index (χ2v) is 5.48. The van der Waals surface area contributed by atoms with E-state index in [1.54, 1.807) is 0 Å². The molecule has 1 atom stereocenters. The molecule has 1 amide bonds. The lowest BCUT2D eigenvalue weighted by Crippen LogP contribution is -2.42. The maximum atomic E-state index is 12.2. The van der Waals surface area contributed by atoms with Crippen molar-refractivity contribution in [1.82, 2.24) is 10.6 Å². The summed E-state index contributed by atoms with van der Waals surface area (Å²) in [7, 11) is 2.01. The summed E-state index contributed by atoms with van der Waals surface area (Å²) in [6, 6.07) is 11.0. The molecule has 0 bridgehead atoms. The van der Waals surface area contributed by atoms with Gasteiger partial charge in [0.2, 0.25) is 5.91 Å². The molecule has 0 radical (unpaired) electrons. The molecule has 3 nitrogen and oxygen atoms in total. The normalized spacial score (nSPS) is 24.7. The average Bonchev–Trinajstić information content (AvgIpc) is 2.48. The maximum absolute atomic E-state index is 12.2. The number of hydrogen-bond donors (Lipinski definition) is 2. The smallest absolute Gasteiger partial charge is 0.227 e. The molecule has 1 aromatic carbocycles. The Kier molecular flexibility index (Phi) is 4.97. The molecule has 104 valence electrons. The summed E-state index contributed by atoms with van der Waals surface area (Å²) in [4.78, 5) is 12.2. The summed E-state index contributed by atoms with van der Waals surface area (Å²) < 4.78 is 0. The first-order valence-corrected chi connectivity index (χ1v) is 7.23. The molecule has 0 aromatic heterocycles. The SMILES string of the molecule is CNC1CCC(NC(=O)C(C)c2ccccc2)CC1. The van der Waals surface area contributed by atoms with Crippen molar-refractivity contribution in [2.45, 2.75) is 50.6 Å².